The fraction of sp³-hybridized carbons (Fsp3) is 0.923. The molecule has 0 aromatic rings. The molecular formula is C13H27N3O2. The Kier molecular flexibility index (Phi) is 6.05. The average Bonchev–Trinajstić information content (AvgIpc) is 2.71. The van der Waals surface area contributed by atoms with Crippen molar-refractivity contribution in [3.8, 4) is 0 Å². The molecule has 0 aliphatic carbocycles. The van der Waals surface area contributed by atoms with Crippen LogP contribution in [0.1, 0.15) is 13.3 Å². The van der Waals surface area contributed by atoms with Gasteiger partial charge in [-0.3, -0.25) is 4.79 Å². The van der Waals surface area contributed by atoms with Gasteiger partial charge in [0.25, 0.3) is 0 Å². The Morgan fingerprint density at radius 2 is 2.17 bits per heavy atom. The molecular weight excluding hydrogens is 230 g/mol. The van der Waals surface area contributed by atoms with Gasteiger partial charge in [-0.15, -0.1) is 0 Å². The molecule has 5 nitrogen and oxygen atoms in total. The number of carbonyl (C=O) groups is 1. The lowest BCUT2D eigenvalue weighted by Gasteiger charge is -2.23. The number of methoxy groups -OCH3 is 1. The summed E-state index contributed by atoms with van der Waals surface area (Å²) in [7, 11) is 7.51. The van der Waals surface area contributed by atoms with Crippen molar-refractivity contribution in [2.45, 2.75) is 25.4 Å². The minimum Gasteiger partial charge on any atom is -0.468 e. The van der Waals surface area contributed by atoms with E-state index in [0.717, 1.165) is 26.1 Å². The molecule has 1 N–H and O–H groups in total. The van der Waals surface area contributed by atoms with E-state index in [1.54, 1.807) is 7.05 Å². The van der Waals surface area contributed by atoms with E-state index in [2.05, 4.69) is 36.1 Å². The summed E-state index contributed by atoms with van der Waals surface area (Å²) in [5.74, 6) is 0.514. The quantitative estimate of drug-likeness (QED) is 0.680. The second-order valence-corrected chi connectivity index (χ2v) is 5.42. The fourth-order valence-electron chi connectivity index (χ4n) is 2.74. The van der Waals surface area contributed by atoms with Crippen LogP contribution in [0.2, 0.25) is 0 Å². The van der Waals surface area contributed by atoms with Gasteiger partial charge in [0.2, 0.25) is 0 Å². The summed E-state index contributed by atoms with van der Waals surface area (Å²) in [6.07, 6.45) is 0.802. The van der Waals surface area contributed by atoms with Crippen LogP contribution in [-0.4, -0.2) is 75.7 Å². The van der Waals surface area contributed by atoms with Crippen molar-refractivity contribution < 1.29 is 9.53 Å². The van der Waals surface area contributed by atoms with Crippen LogP contribution in [0.25, 0.3) is 0 Å². The zero-order chi connectivity index (χ0) is 13.7. The normalized spacial score (nSPS) is 26.6. The van der Waals surface area contributed by atoms with Crippen LogP contribution < -0.4 is 5.32 Å². The van der Waals surface area contributed by atoms with Crippen LogP contribution >= 0.6 is 0 Å². The second-order valence-electron chi connectivity index (χ2n) is 5.42. The lowest BCUT2D eigenvalue weighted by molar-refractivity contribution is -0.143. The molecule has 1 fully saturated rings. The highest BCUT2D eigenvalue weighted by molar-refractivity contribution is 5.75. The van der Waals surface area contributed by atoms with Gasteiger partial charge < -0.3 is 19.9 Å². The van der Waals surface area contributed by atoms with Crippen molar-refractivity contribution in [3.63, 3.8) is 0 Å². The van der Waals surface area contributed by atoms with E-state index >= 15 is 0 Å². The van der Waals surface area contributed by atoms with E-state index in [9.17, 15) is 4.79 Å². The highest BCUT2D eigenvalue weighted by Gasteiger charge is 2.31. The first-order valence-corrected chi connectivity index (χ1v) is 6.63. The number of hydrogen-bond acceptors (Lipinski definition) is 5. The first-order valence-electron chi connectivity index (χ1n) is 6.63. The molecule has 0 amide bonds. The van der Waals surface area contributed by atoms with E-state index in [0.29, 0.717) is 12.0 Å². The molecule has 5 heteroatoms. The molecule has 3 atom stereocenters. The minimum atomic E-state index is -0.191. The zero-order valence-electron chi connectivity index (χ0n) is 12.3. The Hall–Kier alpha value is -0.650. The van der Waals surface area contributed by atoms with Gasteiger partial charge in [-0.05, 0) is 33.5 Å². The molecule has 0 spiro atoms. The summed E-state index contributed by atoms with van der Waals surface area (Å²) < 4.78 is 4.77. The Morgan fingerprint density at radius 3 is 2.61 bits per heavy atom. The SMILES string of the molecule is CNC(CCN1CC(C)C(N(C)C)C1)C(=O)OC. The predicted molar refractivity (Wildman–Crippen MR) is 72.6 cm³/mol. The van der Waals surface area contributed by atoms with Crippen molar-refractivity contribution in [2.75, 3.05) is 47.9 Å². The van der Waals surface area contributed by atoms with Crippen LogP contribution in [0.15, 0.2) is 0 Å². The van der Waals surface area contributed by atoms with Crippen molar-refractivity contribution in [2.24, 2.45) is 5.92 Å². The third-order valence-electron chi connectivity index (χ3n) is 3.88. The van der Waals surface area contributed by atoms with Gasteiger partial charge in [-0.1, -0.05) is 6.92 Å². The van der Waals surface area contributed by atoms with Crippen molar-refractivity contribution >= 4 is 5.97 Å². The maximum Gasteiger partial charge on any atom is 0.322 e. The molecule has 0 aromatic carbocycles. The summed E-state index contributed by atoms with van der Waals surface area (Å²) >= 11 is 0. The van der Waals surface area contributed by atoms with Crippen molar-refractivity contribution in [1.82, 2.24) is 15.1 Å². The highest BCUT2D eigenvalue weighted by atomic mass is 16.5. The molecule has 1 aliphatic heterocycles. The highest BCUT2D eigenvalue weighted by Crippen LogP contribution is 2.20. The van der Waals surface area contributed by atoms with Crippen LogP contribution in [0.3, 0.4) is 0 Å². The van der Waals surface area contributed by atoms with E-state index in [-0.39, 0.29) is 12.0 Å². The monoisotopic (exact) mass is 257 g/mol. The van der Waals surface area contributed by atoms with E-state index in [1.165, 1.54) is 7.11 Å². The maximum absolute atomic E-state index is 11.5. The Morgan fingerprint density at radius 1 is 1.50 bits per heavy atom. The number of likely N-dealkylation sites (tertiary alicyclic amines) is 1. The molecule has 0 bridgehead atoms. The van der Waals surface area contributed by atoms with Gasteiger partial charge in [0.05, 0.1) is 7.11 Å². The molecule has 18 heavy (non-hydrogen) atoms. The molecule has 1 aliphatic rings. The van der Waals surface area contributed by atoms with Gasteiger partial charge >= 0.3 is 5.97 Å². The number of esters is 1. The molecule has 106 valence electrons. The second kappa shape index (κ2) is 7.07. The van der Waals surface area contributed by atoms with Gasteiger partial charge in [-0.25, -0.2) is 0 Å². The average molecular weight is 257 g/mol. The van der Waals surface area contributed by atoms with E-state index in [1.807, 2.05) is 0 Å². The lowest BCUT2D eigenvalue weighted by atomic mass is 10.1. The van der Waals surface area contributed by atoms with Gasteiger partial charge in [0, 0.05) is 25.7 Å². The largest absolute Gasteiger partial charge is 0.468 e. The Bertz CT molecular complexity index is 271. The van der Waals surface area contributed by atoms with E-state index in [4.69, 9.17) is 4.74 Å². The van der Waals surface area contributed by atoms with Gasteiger partial charge in [0.1, 0.15) is 6.04 Å². The molecule has 1 saturated heterocycles. The summed E-state index contributed by atoms with van der Waals surface area (Å²) in [5.41, 5.74) is 0. The van der Waals surface area contributed by atoms with Gasteiger partial charge in [-0.2, -0.15) is 0 Å². The van der Waals surface area contributed by atoms with Crippen LogP contribution in [0, 0.1) is 5.92 Å². The molecule has 0 saturated carbocycles. The predicted octanol–water partition coefficient (Wildman–Crippen LogP) is 0.0194. The topological polar surface area (TPSA) is 44.8 Å². The number of rotatable bonds is 6. The molecule has 3 unspecified atom stereocenters. The summed E-state index contributed by atoms with van der Waals surface area (Å²) in [4.78, 5) is 16.2. The zero-order valence-corrected chi connectivity index (χ0v) is 12.3. The minimum absolute atomic E-state index is 0.172. The molecule has 1 heterocycles. The number of carbonyl (C=O) groups excluding carboxylic acids is 1. The number of ether oxygens (including phenoxy) is 1. The fourth-order valence-corrected chi connectivity index (χ4v) is 2.74. The third-order valence-corrected chi connectivity index (χ3v) is 3.88. The Balaban J connectivity index is 2.38. The van der Waals surface area contributed by atoms with E-state index < -0.39 is 0 Å². The first kappa shape index (κ1) is 15.4. The third kappa shape index (κ3) is 3.93. The number of hydrogen-bond donors (Lipinski definition) is 1. The Labute approximate surface area is 110 Å². The van der Waals surface area contributed by atoms with Gasteiger partial charge in [0.15, 0.2) is 0 Å². The molecule has 0 radical (unpaired) electrons. The van der Waals surface area contributed by atoms with Crippen molar-refractivity contribution in [1.29, 1.82) is 0 Å². The smallest absolute Gasteiger partial charge is 0.322 e. The maximum atomic E-state index is 11.5. The molecule has 0 aromatic heterocycles. The number of likely N-dealkylation sites (N-methyl/N-ethyl adjacent to an activating group) is 2. The van der Waals surface area contributed by atoms with Crippen LogP contribution in [0.4, 0.5) is 0 Å². The first-order chi connectivity index (χ1) is 8.49. The van der Waals surface area contributed by atoms with Crippen molar-refractivity contribution in [3.05, 3.63) is 0 Å². The molecule has 1 rings (SSSR count). The summed E-state index contributed by atoms with van der Waals surface area (Å²) in [6, 6.07) is 0.430. The number of nitrogens with zero attached hydrogens (tertiary/aromatic N) is 2. The lowest BCUT2D eigenvalue weighted by Crippen LogP contribution is -2.39. The van der Waals surface area contributed by atoms with Crippen LogP contribution in [0.5, 0.6) is 0 Å². The number of nitrogens with one attached hydrogen (secondary N) is 1. The standard InChI is InChI=1S/C13H27N3O2/c1-10-8-16(9-12(10)15(3)4)7-6-11(14-2)13(17)18-5/h10-12,14H,6-9H2,1-5H3. The summed E-state index contributed by atoms with van der Waals surface area (Å²) in [5, 5.41) is 3.01. The van der Waals surface area contributed by atoms with Crippen LogP contribution in [-0.2, 0) is 9.53 Å². The summed E-state index contributed by atoms with van der Waals surface area (Å²) in [6.45, 7) is 5.43.